The quantitative estimate of drug-likeness (QED) is 0.464. The van der Waals surface area contributed by atoms with Gasteiger partial charge in [0.15, 0.2) is 0 Å². The number of phenolic OH excluding ortho intramolecular Hbond substituents is 1. The fourth-order valence-corrected chi connectivity index (χ4v) is 3.90. The Morgan fingerprint density at radius 1 is 0.913 bits per heavy atom. The summed E-state index contributed by atoms with van der Waals surface area (Å²) in [6, 6.07) is 4.42. The van der Waals surface area contributed by atoms with Crippen molar-refractivity contribution in [1.82, 2.24) is 0 Å². The molecule has 1 aromatic carbocycles. The molecule has 23 heavy (non-hydrogen) atoms. The van der Waals surface area contributed by atoms with Crippen molar-refractivity contribution in [1.29, 1.82) is 0 Å². The van der Waals surface area contributed by atoms with E-state index in [0.29, 0.717) is 5.75 Å². The zero-order chi connectivity index (χ0) is 17.7. The van der Waals surface area contributed by atoms with Gasteiger partial charge in [-0.3, -0.25) is 0 Å². The van der Waals surface area contributed by atoms with Crippen LogP contribution in [0.5, 0.6) is 5.75 Å². The molecular weight excluding hydrogens is 320 g/mol. The van der Waals surface area contributed by atoms with Crippen molar-refractivity contribution in [2.45, 2.75) is 71.6 Å². The van der Waals surface area contributed by atoms with Crippen molar-refractivity contribution in [2.75, 3.05) is 17.3 Å². The molecule has 0 aliphatic rings. The number of benzene rings is 1. The third kappa shape index (κ3) is 6.62. The van der Waals surface area contributed by atoms with Crippen LogP contribution in [-0.2, 0) is 17.3 Å². The van der Waals surface area contributed by atoms with Crippen LogP contribution in [0.3, 0.4) is 0 Å². The van der Waals surface area contributed by atoms with E-state index in [4.69, 9.17) is 0 Å². The summed E-state index contributed by atoms with van der Waals surface area (Å²) in [6.07, 6.45) is 3.46. The number of rotatable bonds is 7. The van der Waals surface area contributed by atoms with Gasteiger partial charge in [0.05, 0.1) is 0 Å². The molecule has 1 rings (SSSR count). The maximum atomic E-state index is 10.7. The predicted octanol–water partition coefficient (Wildman–Crippen LogP) is 5.97. The smallest absolute Gasteiger partial charge is 0.123 e. The summed E-state index contributed by atoms with van der Waals surface area (Å²) in [7, 11) is 0. The lowest BCUT2D eigenvalue weighted by atomic mass is 9.78. The highest BCUT2D eigenvalue weighted by atomic mass is 32.2. The van der Waals surface area contributed by atoms with E-state index in [1.54, 1.807) is 0 Å². The largest absolute Gasteiger partial charge is 0.507 e. The number of thioether (sulfide) groups is 1. The van der Waals surface area contributed by atoms with Crippen LogP contribution in [0.2, 0.25) is 0 Å². The molecule has 132 valence electrons. The molecule has 0 heterocycles. The van der Waals surface area contributed by atoms with Crippen LogP contribution in [0.4, 0.5) is 0 Å². The molecule has 0 spiro atoms. The van der Waals surface area contributed by atoms with E-state index in [1.165, 1.54) is 29.9 Å². The fraction of sp³-hybridized carbons (Fsp3) is 0.700. The Bertz CT molecular complexity index is 460. The van der Waals surface area contributed by atoms with Crippen molar-refractivity contribution in [3.05, 3.63) is 28.8 Å². The van der Waals surface area contributed by atoms with Crippen molar-refractivity contribution in [3.63, 3.8) is 0 Å². The molecule has 1 N–H and O–H groups in total. The van der Waals surface area contributed by atoms with Gasteiger partial charge in [-0.05, 0) is 64.0 Å². The maximum absolute atomic E-state index is 10.7. The lowest BCUT2D eigenvalue weighted by Gasteiger charge is -2.28. The standard InChI is InChI=1S/C20H34OS2/c1-19(2,3)16-13-15(9-7-11-23-12-8-10-22)14-17(18(16)21)20(4,5)6/h13-14,21-22H,7-12H2,1-6H3. The van der Waals surface area contributed by atoms with Gasteiger partial charge in [0, 0.05) is 0 Å². The topological polar surface area (TPSA) is 20.2 Å². The number of thiol groups is 1. The Morgan fingerprint density at radius 3 is 1.83 bits per heavy atom. The number of hydrogen-bond donors (Lipinski definition) is 2. The molecule has 1 aromatic rings. The maximum Gasteiger partial charge on any atom is 0.123 e. The first-order valence-electron chi connectivity index (χ1n) is 8.63. The number of hydrogen-bond acceptors (Lipinski definition) is 3. The van der Waals surface area contributed by atoms with E-state index in [0.717, 1.165) is 23.3 Å². The van der Waals surface area contributed by atoms with E-state index >= 15 is 0 Å². The molecule has 0 atom stereocenters. The molecular formula is C20H34OS2. The summed E-state index contributed by atoms with van der Waals surface area (Å²) < 4.78 is 0. The van der Waals surface area contributed by atoms with E-state index < -0.39 is 0 Å². The van der Waals surface area contributed by atoms with Crippen LogP contribution < -0.4 is 0 Å². The summed E-state index contributed by atoms with van der Waals surface area (Å²) in [5, 5.41) is 10.7. The molecule has 0 unspecified atom stereocenters. The van der Waals surface area contributed by atoms with Crippen LogP contribution in [0.25, 0.3) is 0 Å². The van der Waals surface area contributed by atoms with Gasteiger partial charge in [-0.25, -0.2) is 0 Å². The predicted molar refractivity (Wildman–Crippen MR) is 110 cm³/mol. The Balaban J connectivity index is 2.91. The van der Waals surface area contributed by atoms with Gasteiger partial charge in [-0.2, -0.15) is 24.4 Å². The van der Waals surface area contributed by atoms with Crippen LogP contribution >= 0.6 is 24.4 Å². The molecule has 0 fully saturated rings. The molecule has 0 saturated carbocycles. The molecule has 1 nitrogen and oxygen atoms in total. The normalized spacial score (nSPS) is 12.7. The van der Waals surface area contributed by atoms with Gasteiger partial charge in [0.25, 0.3) is 0 Å². The molecule has 0 radical (unpaired) electrons. The van der Waals surface area contributed by atoms with Crippen LogP contribution in [0.15, 0.2) is 12.1 Å². The Labute approximate surface area is 153 Å². The Morgan fingerprint density at radius 2 is 1.39 bits per heavy atom. The summed E-state index contributed by atoms with van der Waals surface area (Å²) in [4.78, 5) is 0. The second-order valence-electron chi connectivity index (χ2n) is 8.33. The second-order valence-corrected chi connectivity index (χ2v) is 10.0. The van der Waals surface area contributed by atoms with Gasteiger partial charge < -0.3 is 5.11 Å². The SMILES string of the molecule is CC(C)(C)c1cc(CCCSCCCS)cc(C(C)(C)C)c1O. The zero-order valence-corrected chi connectivity index (χ0v) is 17.4. The van der Waals surface area contributed by atoms with Gasteiger partial charge >= 0.3 is 0 Å². The van der Waals surface area contributed by atoms with E-state index in [2.05, 4.69) is 66.3 Å². The minimum Gasteiger partial charge on any atom is -0.507 e. The number of aryl methyl sites for hydroxylation is 1. The Kier molecular flexibility index (Phi) is 7.86. The molecule has 0 bridgehead atoms. The molecule has 3 heteroatoms. The van der Waals surface area contributed by atoms with Gasteiger partial charge in [-0.15, -0.1) is 0 Å². The van der Waals surface area contributed by atoms with Crippen molar-refractivity contribution in [3.8, 4) is 5.75 Å². The van der Waals surface area contributed by atoms with Crippen molar-refractivity contribution < 1.29 is 5.11 Å². The third-order valence-corrected chi connectivity index (χ3v) is 5.46. The monoisotopic (exact) mass is 354 g/mol. The first kappa shape index (κ1) is 20.8. The lowest BCUT2D eigenvalue weighted by Crippen LogP contribution is -2.18. The van der Waals surface area contributed by atoms with E-state index in [1.807, 2.05) is 11.8 Å². The van der Waals surface area contributed by atoms with Crippen molar-refractivity contribution >= 4 is 24.4 Å². The summed E-state index contributed by atoms with van der Waals surface area (Å²) in [5.74, 6) is 3.87. The average Bonchev–Trinajstić information content (AvgIpc) is 2.41. The van der Waals surface area contributed by atoms with Crippen molar-refractivity contribution in [2.24, 2.45) is 0 Å². The third-order valence-electron chi connectivity index (χ3n) is 3.99. The molecule has 0 amide bonds. The van der Waals surface area contributed by atoms with Gasteiger partial charge in [0.2, 0.25) is 0 Å². The number of aromatic hydroxyl groups is 1. The average molecular weight is 355 g/mol. The minimum atomic E-state index is -0.0403. The Hall–Kier alpha value is -0.280. The van der Waals surface area contributed by atoms with Crippen LogP contribution in [-0.4, -0.2) is 22.4 Å². The summed E-state index contributed by atoms with van der Waals surface area (Å²) >= 11 is 6.27. The molecule has 0 aromatic heterocycles. The summed E-state index contributed by atoms with van der Waals surface area (Å²) in [5.41, 5.74) is 3.42. The highest BCUT2D eigenvalue weighted by molar-refractivity contribution is 7.99. The minimum absolute atomic E-state index is 0.0403. The number of phenols is 1. The van der Waals surface area contributed by atoms with E-state index in [-0.39, 0.29) is 10.8 Å². The highest BCUT2D eigenvalue weighted by Crippen LogP contribution is 2.40. The van der Waals surface area contributed by atoms with Crippen LogP contribution in [0, 0.1) is 0 Å². The lowest BCUT2D eigenvalue weighted by molar-refractivity contribution is 0.422. The van der Waals surface area contributed by atoms with Crippen LogP contribution in [0.1, 0.15) is 71.1 Å². The first-order chi connectivity index (χ1) is 10.6. The van der Waals surface area contributed by atoms with Gasteiger partial charge in [-0.1, -0.05) is 53.7 Å². The second kappa shape index (κ2) is 8.71. The molecule has 0 saturated heterocycles. The molecule has 0 aliphatic carbocycles. The zero-order valence-electron chi connectivity index (χ0n) is 15.7. The molecule has 0 aliphatic heterocycles. The fourth-order valence-electron chi connectivity index (χ4n) is 2.63. The highest BCUT2D eigenvalue weighted by Gasteiger charge is 2.26. The van der Waals surface area contributed by atoms with E-state index in [9.17, 15) is 5.11 Å². The van der Waals surface area contributed by atoms with Gasteiger partial charge in [0.1, 0.15) is 5.75 Å². The first-order valence-corrected chi connectivity index (χ1v) is 10.4. The summed E-state index contributed by atoms with van der Waals surface area (Å²) in [6.45, 7) is 13.0.